The summed E-state index contributed by atoms with van der Waals surface area (Å²) in [5.41, 5.74) is 11.0. The average molecular weight is 304 g/mol. The van der Waals surface area contributed by atoms with Gasteiger partial charge in [0.05, 0.1) is 0 Å². The number of benzene rings is 1. The second kappa shape index (κ2) is 4.95. The van der Waals surface area contributed by atoms with Crippen molar-refractivity contribution in [2.24, 2.45) is 0 Å². The molecule has 1 aliphatic heterocycles. The second-order valence-corrected chi connectivity index (χ2v) is 5.50. The zero-order valence-corrected chi connectivity index (χ0v) is 12.1. The van der Waals surface area contributed by atoms with E-state index in [-0.39, 0.29) is 11.7 Å². The van der Waals surface area contributed by atoms with E-state index in [1.165, 1.54) is 12.1 Å². The van der Waals surface area contributed by atoms with Crippen LogP contribution in [0, 0.1) is 5.82 Å². The first kappa shape index (κ1) is 13.5. The van der Waals surface area contributed by atoms with E-state index >= 15 is 0 Å². The molecule has 2 aliphatic carbocycles. The second-order valence-electron chi connectivity index (χ2n) is 5.50. The Morgan fingerprint density at radius 1 is 1.00 bits per heavy atom. The van der Waals surface area contributed by atoms with Gasteiger partial charge in [-0.05, 0) is 41.5 Å². The van der Waals surface area contributed by atoms with Gasteiger partial charge in [0, 0.05) is 28.1 Å². The molecule has 1 aromatic carbocycles. The molecule has 3 N–H and O–H groups in total. The summed E-state index contributed by atoms with van der Waals surface area (Å²) in [5, 5.41) is 2.75. The van der Waals surface area contributed by atoms with Crippen LogP contribution in [0.5, 0.6) is 0 Å². The molecular formula is C19H13FN2O. The molecule has 0 fully saturated rings. The first-order chi connectivity index (χ1) is 11.1. The van der Waals surface area contributed by atoms with Crippen LogP contribution >= 0.6 is 0 Å². The first-order valence-electron chi connectivity index (χ1n) is 7.24. The monoisotopic (exact) mass is 304 g/mol. The number of hydrogen-bond acceptors (Lipinski definition) is 2. The number of nitrogens with two attached hydrogens (primary N) is 1. The summed E-state index contributed by atoms with van der Waals surface area (Å²) in [7, 11) is 0. The van der Waals surface area contributed by atoms with Crippen molar-refractivity contribution in [3.63, 3.8) is 0 Å². The number of amides is 1. The van der Waals surface area contributed by atoms with Crippen LogP contribution in [0.1, 0.15) is 11.1 Å². The number of hydrogen-bond donors (Lipinski definition) is 2. The van der Waals surface area contributed by atoms with Gasteiger partial charge in [-0.2, -0.15) is 0 Å². The summed E-state index contributed by atoms with van der Waals surface area (Å²) < 4.78 is 13.5. The highest BCUT2D eigenvalue weighted by Crippen LogP contribution is 2.39. The number of rotatable bonds is 1. The molecule has 0 saturated heterocycles. The summed E-state index contributed by atoms with van der Waals surface area (Å²) in [6, 6.07) is 15.8. The van der Waals surface area contributed by atoms with E-state index < -0.39 is 0 Å². The predicted octanol–water partition coefficient (Wildman–Crippen LogP) is 4.01. The van der Waals surface area contributed by atoms with Crippen molar-refractivity contribution in [1.82, 2.24) is 0 Å². The van der Waals surface area contributed by atoms with Crippen molar-refractivity contribution in [1.29, 1.82) is 0 Å². The molecule has 0 atom stereocenters. The van der Waals surface area contributed by atoms with Crippen LogP contribution < -0.4 is 11.1 Å². The minimum absolute atomic E-state index is 0.250. The fraction of sp³-hybridized carbons (Fsp3) is 0. The lowest BCUT2D eigenvalue weighted by molar-refractivity contribution is -0.110. The molecule has 0 radical (unpaired) electrons. The molecule has 1 amide bonds. The van der Waals surface area contributed by atoms with Gasteiger partial charge in [0.15, 0.2) is 0 Å². The number of fused-ring (bicyclic) bond motifs is 2. The summed E-state index contributed by atoms with van der Waals surface area (Å²) in [6.45, 7) is 0. The molecule has 112 valence electrons. The van der Waals surface area contributed by atoms with E-state index in [9.17, 15) is 9.18 Å². The maximum Gasteiger partial charge on any atom is 0.256 e. The molecular weight excluding hydrogens is 291 g/mol. The van der Waals surface area contributed by atoms with Crippen molar-refractivity contribution < 1.29 is 9.18 Å². The van der Waals surface area contributed by atoms with Gasteiger partial charge < -0.3 is 11.1 Å². The van der Waals surface area contributed by atoms with Gasteiger partial charge in [0.25, 0.3) is 5.91 Å². The van der Waals surface area contributed by atoms with Crippen LogP contribution in [0.15, 0.2) is 54.6 Å². The van der Waals surface area contributed by atoms with Gasteiger partial charge in [-0.3, -0.25) is 4.79 Å². The Kier molecular flexibility index (Phi) is 2.91. The SMILES string of the molecule is Nc1cc2cccccc-2c1C=C1C(=O)Nc2ccc(F)cc21. The van der Waals surface area contributed by atoms with Crippen molar-refractivity contribution in [2.45, 2.75) is 0 Å². The van der Waals surface area contributed by atoms with Crippen molar-refractivity contribution in [3.05, 3.63) is 71.5 Å². The van der Waals surface area contributed by atoms with Gasteiger partial charge in [0.1, 0.15) is 5.82 Å². The third-order valence-corrected chi connectivity index (χ3v) is 4.04. The van der Waals surface area contributed by atoms with Crippen molar-refractivity contribution in [3.8, 4) is 11.1 Å². The largest absolute Gasteiger partial charge is 0.398 e. The highest BCUT2D eigenvalue weighted by Gasteiger charge is 2.25. The molecule has 0 spiro atoms. The first-order valence-corrected chi connectivity index (χ1v) is 7.24. The van der Waals surface area contributed by atoms with Crippen molar-refractivity contribution >= 4 is 28.9 Å². The Labute approximate surface area is 132 Å². The number of carbonyl (C=O) groups excluding carboxylic acids is 1. The van der Waals surface area contributed by atoms with Gasteiger partial charge >= 0.3 is 0 Å². The average Bonchev–Trinajstić information content (AvgIpc) is 2.86. The number of halogens is 1. The van der Waals surface area contributed by atoms with Crippen LogP contribution in [0.25, 0.3) is 22.8 Å². The molecule has 4 rings (SSSR count). The van der Waals surface area contributed by atoms with E-state index in [1.54, 1.807) is 12.1 Å². The minimum atomic E-state index is -0.377. The molecule has 0 unspecified atom stereocenters. The van der Waals surface area contributed by atoms with E-state index in [2.05, 4.69) is 5.32 Å². The molecule has 3 nitrogen and oxygen atoms in total. The smallest absolute Gasteiger partial charge is 0.256 e. The predicted molar refractivity (Wildman–Crippen MR) is 90.4 cm³/mol. The molecule has 0 aromatic heterocycles. The molecule has 4 heteroatoms. The minimum Gasteiger partial charge on any atom is -0.398 e. The van der Waals surface area contributed by atoms with Crippen LogP contribution in [0.3, 0.4) is 0 Å². The molecule has 3 aliphatic rings. The third kappa shape index (κ3) is 2.16. The highest BCUT2D eigenvalue weighted by molar-refractivity contribution is 6.35. The Bertz CT molecular complexity index is 946. The van der Waals surface area contributed by atoms with E-state index in [4.69, 9.17) is 5.73 Å². The Balaban J connectivity index is 1.92. The van der Waals surface area contributed by atoms with Crippen LogP contribution in [0.2, 0.25) is 0 Å². The molecule has 23 heavy (non-hydrogen) atoms. The number of nitrogens with one attached hydrogen (secondary N) is 1. The van der Waals surface area contributed by atoms with Crippen LogP contribution in [0.4, 0.5) is 15.8 Å². The van der Waals surface area contributed by atoms with Gasteiger partial charge in [-0.25, -0.2) is 4.39 Å². The van der Waals surface area contributed by atoms with Gasteiger partial charge in [-0.1, -0.05) is 30.3 Å². The zero-order chi connectivity index (χ0) is 16.0. The summed E-state index contributed by atoms with van der Waals surface area (Å²) in [6.07, 6.45) is 1.73. The Hall–Kier alpha value is -3.14. The molecule has 0 saturated carbocycles. The molecule has 0 bridgehead atoms. The summed E-state index contributed by atoms with van der Waals surface area (Å²) in [5.74, 6) is -0.627. The van der Waals surface area contributed by atoms with Crippen LogP contribution in [-0.4, -0.2) is 5.91 Å². The van der Waals surface area contributed by atoms with E-state index in [1.807, 2.05) is 36.4 Å². The quantitative estimate of drug-likeness (QED) is 0.667. The molecule has 1 heterocycles. The highest BCUT2D eigenvalue weighted by atomic mass is 19.1. The maximum atomic E-state index is 13.5. The third-order valence-electron chi connectivity index (χ3n) is 4.04. The van der Waals surface area contributed by atoms with Gasteiger partial charge in [-0.15, -0.1) is 0 Å². The van der Waals surface area contributed by atoms with Crippen molar-refractivity contribution in [2.75, 3.05) is 11.1 Å². The van der Waals surface area contributed by atoms with Gasteiger partial charge in [0.2, 0.25) is 0 Å². The van der Waals surface area contributed by atoms with Crippen LogP contribution in [-0.2, 0) is 4.79 Å². The lowest BCUT2D eigenvalue weighted by Crippen LogP contribution is -2.03. The fourth-order valence-corrected chi connectivity index (χ4v) is 2.94. The summed E-state index contributed by atoms with van der Waals surface area (Å²) >= 11 is 0. The molecule has 1 aromatic rings. The topological polar surface area (TPSA) is 55.1 Å². The Morgan fingerprint density at radius 3 is 2.70 bits per heavy atom. The zero-order valence-electron chi connectivity index (χ0n) is 12.1. The normalized spacial score (nSPS) is 15.0. The number of nitrogen functional groups attached to an aromatic ring is 1. The lowest BCUT2D eigenvalue weighted by atomic mass is 10.0. The standard InChI is InChI=1S/C19H13FN2O/c20-12-6-7-18-15(9-12)16(19(23)22-18)10-14-13-5-3-1-2-4-11(13)8-17(14)21/h1-10H,21H2,(H,22,23). The number of anilines is 2. The maximum absolute atomic E-state index is 13.5. The number of carbonyl (C=O) groups is 1. The summed E-state index contributed by atoms with van der Waals surface area (Å²) in [4.78, 5) is 12.2. The van der Waals surface area contributed by atoms with E-state index in [0.717, 1.165) is 16.7 Å². The van der Waals surface area contributed by atoms with E-state index in [0.29, 0.717) is 22.5 Å². The fourth-order valence-electron chi connectivity index (χ4n) is 2.94. The Morgan fingerprint density at radius 2 is 1.83 bits per heavy atom. The lowest BCUT2D eigenvalue weighted by Gasteiger charge is -2.01.